The van der Waals surface area contributed by atoms with Crippen LogP contribution in [0.1, 0.15) is 64.7 Å². The highest BCUT2D eigenvalue weighted by Gasteiger charge is 2.10. The Morgan fingerprint density at radius 1 is 0.760 bits per heavy atom. The molecule has 2 heterocycles. The molecule has 25 heavy (non-hydrogen) atoms. The summed E-state index contributed by atoms with van der Waals surface area (Å²) in [7, 11) is 0. The molecule has 0 bridgehead atoms. The standard InChI is InChI=1S/C20H41N5/c1-2-21-20(23-13-19-25-17-10-5-11-18-25)22-12-6-3-7-14-24-15-8-4-9-16-24/h2-19H2,1H3,(H2,21,22,23). The fraction of sp³-hybridized carbons (Fsp3) is 0.950. The Hall–Kier alpha value is -0.810. The van der Waals surface area contributed by atoms with Gasteiger partial charge in [0.15, 0.2) is 5.96 Å². The maximum absolute atomic E-state index is 4.74. The molecule has 2 aliphatic rings. The first kappa shape index (κ1) is 20.5. The van der Waals surface area contributed by atoms with Crippen molar-refractivity contribution in [3.8, 4) is 0 Å². The maximum Gasteiger partial charge on any atom is 0.191 e. The summed E-state index contributed by atoms with van der Waals surface area (Å²) in [5.74, 6) is 0.996. The van der Waals surface area contributed by atoms with E-state index in [0.717, 1.165) is 32.1 Å². The van der Waals surface area contributed by atoms with Crippen LogP contribution in [0.3, 0.4) is 0 Å². The molecule has 5 nitrogen and oxygen atoms in total. The minimum atomic E-state index is 0.935. The van der Waals surface area contributed by atoms with Crippen molar-refractivity contribution >= 4 is 5.96 Å². The average molecular weight is 352 g/mol. The molecule has 0 amide bonds. The molecule has 0 saturated carbocycles. The van der Waals surface area contributed by atoms with Crippen LogP contribution in [-0.2, 0) is 0 Å². The fourth-order valence-electron chi connectivity index (χ4n) is 3.86. The van der Waals surface area contributed by atoms with E-state index in [2.05, 4.69) is 27.4 Å². The minimum Gasteiger partial charge on any atom is -0.357 e. The largest absolute Gasteiger partial charge is 0.357 e. The molecule has 2 rings (SSSR count). The van der Waals surface area contributed by atoms with Crippen molar-refractivity contribution in [2.75, 3.05) is 58.9 Å². The third-order valence-electron chi connectivity index (χ3n) is 5.36. The Balaban J connectivity index is 1.51. The van der Waals surface area contributed by atoms with Crippen LogP contribution < -0.4 is 10.6 Å². The lowest BCUT2D eigenvalue weighted by molar-refractivity contribution is 0.224. The highest BCUT2D eigenvalue weighted by molar-refractivity contribution is 5.79. The van der Waals surface area contributed by atoms with Gasteiger partial charge >= 0.3 is 0 Å². The molecule has 146 valence electrons. The van der Waals surface area contributed by atoms with Crippen molar-refractivity contribution in [3.05, 3.63) is 0 Å². The molecule has 0 unspecified atom stereocenters. The number of nitrogens with one attached hydrogen (secondary N) is 2. The van der Waals surface area contributed by atoms with E-state index in [1.54, 1.807) is 0 Å². The minimum absolute atomic E-state index is 0.935. The van der Waals surface area contributed by atoms with Gasteiger partial charge in [0.25, 0.3) is 0 Å². The topological polar surface area (TPSA) is 42.9 Å². The predicted octanol–water partition coefficient (Wildman–Crippen LogP) is 2.68. The van der Waals surface area contributed by atoms with E-state index in [9.17, 15) is 0 Å². The van der Waals surface area contributed by atoms with Gasteiger partial charge in [-0.2, -0.15) is 0 Å². The zero-order valence-electron chi connectivity index (χ0n) is 16.6. The number of likely N-dealkylation sites (tertiary alicyclic amines) is 2. The number of piperidine rings is 2. The lowest BCUT2D eigenvalue weighted by atomic mass is 10.1. The Kier molecular flexibility index (Phi) is 11.0. The number of unbranched alkanes of at least 4 members (excludes halogenated alkanes) is 2. The quantitative estimate of drug-likeness (QED) is 0.361. The van der Waals surface area contributed by atoms with Gasteiger partial charge in [-0.05, 0) is 78.2 Å². The van der Waals surface area contributed by atoms with Crippen LogP contribution in [0.5, 0.6) is 0 Å². The van der Waals surface area contributed by atoms with Crippen LogP contribution in [0.15, 0.2) is 4.99 Å². The zero-order chi connectivity index (χ0) is 17.6. The van der Waals surface area contributed by atoms with E-state index >= 15 is 0 Å². The van der Waals surface area contributed by atoms with Crippen molar-refractivity contribution in [1.29, 1.82) is 0 Å². The van der Waals surface area contributed by atoms with Gasteiger partial charge in [-0.15, -0.1) is 0 Å². The van der Waals surface area contributed by atoms with E-state index < -0.39 is 0 Å². The summed E-state index contributed by atoms with van der Waals surface area (Å²) in [6, 6.07) is 0. The van der Waals surface area contributed by atoms with E-state index in [-0.39, 0.29) is 0 Å². The normalized spacial score (nSPS) is 20.6. The zero-order valence-corrected chi connectivity index (χ0v) is 16.6. The fourth-order valence-corrected chi connectivity index (χ4v) is 3.86. The number of nitrogens with zero attached hydrogens (tertiary/aromatic N) is 3. The van der Waals surface area contributed by atoms with Crippen LogP contribution in [-0.4, -0.2) is 74.7 Å². The molecular formula is C20H41N5. The summed E-state index contributed by atoms with van der Waals surface area (Å²) in [6.45, 7) is 12.6. The van der Waals surface area contributed by atoms with E-state index in [0.29, 0.717) is 0 Å². The number of guanidine groups is 1. The monoisotopic (exact) mass is 351 g/mol. The molecule has 2 fully saturated rings. The van der Waals surface area contributed by atoms with Crippen molar-refractivity contribution in [2.24, 2.45) is 4.99 Å². The molecule has 5 heteroatoms. The van der Waals surface area contributed by atoms with Gasteiger partial charge < -0.3 is 20.4 Å². The van der Waals surface area contributed by atoms with Crippen molar-refractivity contribution in [2.45, 2.75) is 64.7 Å². The van der Waals surface area contributed by atoms with Gasteiger partial charge in [0.1, 0.15) is 0 Å². The molecule has 0 aliphatic carbocycles. The second-order valence-electron chi connectivity index (χ2n) is 7.55. The Morgan fingerprint density at radius 3 is 2.04 bits per heavy atom. The molecule has 0 radical (unpaired) electrons. The predicted molar refractivity (Wildman–Crippen MR) is 108 cm³/mol. The van der Waals surface area contributed by atoms with E-state index in [1.165, 1.54) is 90.5 Å². The van der Waals surface area contributed by atoms with Gasteiger partial charge in [-0.1, -0.05) is 19.3 Å². The lowest BCUT2D eigenvalue weighted by Gasteiger charge is -2.26. The first-order chi connectivity index (χ1) is 12.4. The first-order valence-corrected chi connectivity index (χ1v) is 10.9. The molecule has 2 aliphatic heterocycles. The van der Waals surface area contributed by atoms with E-state index in [4.69, 9.17) is 4.99 Å². The summed E-state index contributed by atoms with van der Waals surface area (Å²) < 4.78 is 0. The number of rotatable bonds is 10. The second kappa shape index (κ2) is 13.4. The molecule has 0 aromatic carbocycles. The summed E-state index contributed by atoms with van der Waals surface area (Å²) in [5, 5.41) is 6.87. The molecule has 0 aromatic rings. The highest BCUT2D eigenvalue weighted by atomic mass is 15.2. The Morgan fingerprint density at radius 2 is 1.40 bits per heavy atom. The van der Waals surface area contributed by atoms with E-state index in [1.807, 2.05) is 0 Å². The Bertz CT molecular complexity index is 346. The molecular weight excluding hydrogens is 310 g/mol. The highest BCUT2D eigenvalue weighted by Crippen LogP contribution is 2.10. The van der Waals surface area contributed by atoms with Crippen molar-refractivity contribution < 1.29 is 0 Å². The van der Waals surface area contributed by atoms with Crippen LogP contribution in [0.2, 0.25) is 0 Å². The lowest BCUT2D eigenvalue weighted by Crippen LogP contribution is -2.42. The van der Waals surface area contributed by atoms with Gasteiger partial charge in [0.2, 0.25) is 0 Å². The van der Waals surface area contributed by atoms with Gasteiger partial charge in [0.05, 0.1) is 0 Å². The second-order valence-corrected chi connectivity index (χ2v) is 7.55. The maximum atomic E-state index is 4.74. The Labute approximate surface area is 155 Å². The van der Waals surface area contributed by atoms with Crippen LogP contribution in [0.25, 0.3) is 0 Å². The van der Waals surface area contributed by atoms with Crippen molar-refractivity contribution in [3.63, 3.8) is 0 Å². The third-order valence-corrected chi connectivity index (χ3v) is 5.36. The smallest absolute Gasteiger partial charge is 0.191 e. The number of hydrogen-bond donors (Lipinski definition) is 2. The first-order valence-electron chi connectivity index (χ1n) is 10.9. The SMILES string of the molecule is CCNC(=NCCCCCN1CCCCC1)NCCN1CCCCC1. The molecule has 2 saturated heterocycles. The molecule has 0 aromatic heterocycles. The molecule has 0 spiro atoms. The summed E-state index contributed by atoms with van der Waals surface area (Å²) in [4.78, 5) is 9.95. The van der Waals surface area contributed by atoms with Gasteiger partial charge in [-0.25, -0.2) is 0 Å². The molecule has 2 N–H and O–H groups in total. The van der Waals surface area contributed by atoms with Crippen LogP contribution in [0, 0.1) is 0 Å². The van der Waals surface area contributed by atoms with Crippen molar-refractivity contribution in [1.82, 2.24) is 20.4 Å². The number of hydrogen-bond acceptors (Lipinski definition) is 3. The van der Waals surface area contributed by atoms with Gasteiger partial charge in [0, 0.05) is 26.2 Å². The molecule has 0 atom stereocenters. The van der Waals surface area contributed by atoms with Crippen LogP contribution in [0.4, 0.5) is 0 Å². The van der Waals surface area contributed by atoms with Crippen LogP contribution >= 0.6 is 0 Å². The summed E-state index contributed by atoms with van der Waals surface area (Å²) in [6.07, 6.45) is 12.2. The van der Waals surface area contributed by atoms with Gasteiger partial charge in [-0.3, -0.25) is 4.99 Å². The average Bonchev–Trinajstić information content (AvgIpc) is 2.66. The third kappa shape index (κ3) is 9.45. The number of aliphatic imine (C=N–C) groups is 1. The summed E-state index contributed by atoms with van der Waals surface area (Å²) >= 11 is 0. The summed E-state index contributed by atoms with van der Waals surface area (Å²) in [5.41, 5.74) is 0.